The second-order valence-corrected chi connectivity index (χ2v) is 5.70. The summed E-state index contributed by atoms with van der Waals surface area (Å²) < 4.78 is 5.50. The van der Waals surface area contributed by atoms with Crippen LogP contribution in [0, 0.1) is 0 Å². The van der Waals surface area contributed by atoms with Gasteiger partial charge in [-0.2, -0.15) is 0 Å². The molecule has 0 aromatic heterocycles. The lowest BCUT2D eigenvalue weighted by molar-refractivity contribution is 0.220. The van der Waals surface area contributed by atoms with Crippen molar-refractivity contribution in [2.24, 2.45) is 0 Å². The third kappa shape index (κ3) is 2.72. The van der Waals surface area contributed by atoms with Crippen LogP contribution in [0.15, 0.2) is 12.1 Å². The topological polar surface area (TPSA) is 12.5 Å². The minimum absolute atomic E-state index is 0. The number of likely N-dealkylation sites (tertiary alicyclic amines) is 1. The van der Waals surface area contributed by atoms with Crippen molar-refractivity contribution < 1.29 is 4.74 Å². The number of nitrogens with zero attached hydrogens (tertiary/aromatic N) is 1. The Morgan fingerprint density at radius 1 is 1.21 bits per heavy atom. The first kappa shape index (κ1) is 15.0. The molecule has 106 valence electrons. The minimum Gasteiger partial charge on any atom is -0.496 e. The quantitative estimate of drug-likeness (QED) is 0.810. The van der Waals surface area contributed by atoms with Gasteiger partial charge in [0, 0.05) is 16.6 Å². The second-order valence-electron chi connectivity index (χ2n) is 5.29. The molecule has 0 N–H and O–H groups in total. The zero-order valence-electron chi connectivity index (χ0n) is 11.3. The van der Waals surface area contributed by atoms with Crippen molar-refractivity contribution in [2.45, 2.75) is 38.1 Å². The van der Waals surface area contributed by atoms with E-state index in [0.717, 1.165) is 17.2 Å². The maximum absolute atomic E-state index is 6.46. The van der Waals surface area contributed by atoms with E-state index in [2.05, 4.69) is 4.90 Å². The Hall–Kier alpha value is -0.440. The molecule has 1 saturated heterocycles. The summed E-state index contributed by atoms with van der Waals surface area (Å²) in [6.07, 6.45) is 6.23. The van der Waals surface area contributed by atoms with Gasteiger partial charge in [-0.1, -0.05) is 11.6 Å². The van der Waals surface area contributed by atoms with Gasteiger partial charge < -0.3 is 4.74 Å². The predicted molar refractivity (Wildman–Crippen MR) is 81.7 cm³/mol. The average molecular weight is 302 g/mol. The van der Waals surface area contributed by atoms with Crippen molar-refractivity contribution in [3.05, 3.63) is 28.3 Å². The molecule has 1 unspecified atom stereocenters. The molecule has 0 saturated carbocycles. The Balaban J connectivity index is 0.00000133. The SMILES string of the molecule is COc1ccc(Cl)c2c1CCCC2N1CCCC1.Cl. The Morgan fingerprint density at radius 3 is 2.63 bits per heavy atom. The fourth-order valence-corrected chi connectivity index (χ4v) is 3.76. The number of hydrogen-bond acceptors (Lipinski definition) is 2. The van der Waals surface area contributed by atoms with Gasteiger partial charge in [0.2, 0.25) is 0 Å². The number of fused-ring (bicyclic) bond motifs is 1. The van der Waals surface area contributed by atoms with Crippen LogP contribution in [0.3, 0.4) is 0 Å². The van der Waals surface area contributed by atoms with Crippen LogP contribution in [-0.2, 0) is 6.42 Å². The van der Waals surface area contributed by atoms with Crippen LogP contribution in [-0.4, -0.2) is 25.1 Å². The lowest BCUT2D eigenvalue weighted by atomic mass is 9.86. The van der Waals surface area contributed by atoms with Crippen LogP contribution in [0.5, 0.6) is 5.75 Å². The zero-order valence-corrected chi connectivity index (χ0v) is 12.9. The van der Waals surface area contributed by atoms with Crippen molar-refractivity contribution in [1.29, 1.82) is 0 Å². The van der Waals surface area contributed by atoms with Gasteiger partial charge in [0.25, 0.3) is 0 Å². The minimum atomic E-state index is 0. The van der Waals surface area contributed by atoms with Crippen LogP contribution >= 0.6 is 24.0 Å². The van der Waals surface area contributed by atoms with E-state index in [0.29, 0.717) is 6.04 Å². The molecule has 1 aromatic carbocycles. The number of rotatable bonds is 2. The van der Waals surface area contributed by atoms with Crippen LogP contribution in [0.4, 0.5) is 0 Å². The third-order valence-electron chi connectivity index (χ3n) is 4.30. The van der Waals surface area contributed by atoms with E-state index >= 15 is 0 Å². The van der Waals surface area contributed by atoms with Gasteiger partial charge in [-0.05, 0) is 62.9 Å². The largest absolute Gasteiger partial charge is 0.496 e. The summed E-state index contributed by atoms with van der Waals surface area (Å²) in [6.45, 7) is 2.44. The molecular weight excluding hydrogens is 281 g/mol. The van der Waals surface area contributed by atoms with Crippen LogP contribution in [0.2, 0.25) is 5.02 Å². The van der Waals surface area contributed by atoms with Crippen molar-refractivity contribution in [1.82, 2.24) is 4.90 Å². The van der Waals surface area contributed by atoms with Crippen molar-refractivity contribution in [3.63, 3.8) is 0 Å². The Morgan fingerprint density at radius 2 is 1.95 bits per heavy atom. The lowest BCUT2D eigenvalue weighted by Gasteiger charge is -2.34. The van der Waals surface area contributed by atoms with Crippen LogP contribution in [0.1, 0.15) is 42.9 Å². The highest BCUT2D eigenvalue weighted by atomic mass is 35.5. The zero-order chi connectivity index (χ0) is 12.5. The fourth-order valence-electron chi connectivity index (χ4n) is 3.46. The molecule has 19 heavy (non-hydrogen) atoms. The van der Waals surface area contributed by atoms with E-state index in [4.69, 9.17) is 16.3 Å². The van der Waals surface area contributed by atoms with Crippen LogP contribution < -0.4 is 4.74 Å². The van der Waals surface area contributed by atoms with Gasteiger partial charge in [-0.3, -0.25) is 4.90 Å². The first-order chi connectivity index (χ1) is 8.81. The fraction of sp³-hybridized carbons (Fsp3) is 0.600. The second kappa shape index (κ2) is 6.34. The molecule has 1 heterocycles. The van der Waals surface area contributed by atoms with E-state index in [1.807, 2.05) is 12.1 Å². The maximum atomic E-state index is 6.46. The molecule has 3 rings (SSSR count). The maximum Gasteiger partial charge on any atom is 0.122 e. The number of methoxy groups -OCH3 is 1. The predicted octanol–water partition coefficient (Wildman–Crippen LogP) is 4.24. The molecule has 1 aliphatic carbocycles. The average Bonchev–Trinajstić information content (AvgIpc) is 2.92. The number of ether oxygens (including phenoxy) is 1. The molecule has 1 atom stereocenters. The third-order valence-corrected chi connectivity index (χ3v) is 4.63. The standard InChI is InChI=1S/C15H20ClNO.ClH/c1-18-14-8-7-12(16)15-11(14)5-4-6-13(15)17-9-2-3-10-17;/h7-8,13H,2-6,9-10H2,1H3;1H. The summed E-state index contributed by atoms with van der Waals surface area (Å²) in [5, 5.41) is 0.919. The summed E-state index contributed by atoms with van der Waals surface area (Å²) in [4.78, 5) is 2.60. The highest BCUT2D eigenvalue weighted by Crippen LogP contribution is 2.43. The van der Waals surface area contributed by atoms with E-state index in [9.17, 15) is 0 Å². The van der Waals surface area contributed by atoms with Gasteiger partial charge in [-0.25, -0.2) is 0 Å². The molecule has 0 spiro atoms. The summed E-state index contributed by atoms with van der Waals surface area (Å²) in [5.74, 6) is 1.01. The van der Waals surface area contributed by atoms with E-state index < -0.39 is 0 Å². The molecule has 2 nitrogen and oxygen atoms in total. The first-order valence-electron chi connectivity index (χ1n) is 6.90. The first-order valence-corrected chi connectivity index (χ1v) is 7.28. The van der Waals surface area contributed by atoms with E-state index in [1.54, 1.807) is 7.11 Å². The molecular formula is C15H21Cl2NO. The monoisotopic (exact) mass is 301 g/mol. The van der Waals surface area contributed by atoms with Gasteiger partial charge in [0.15, 0.2) is 0 Å². The highest BCUT2D eigenvalue weighted by Gasteiger charge is 2.31. The Bertz CT molecular complexity index is 444. The lowest BCUT2D eigenvalue weighted by Crippen LogP contribution is -2.29. The summed E-state index contributed by atoms with van der Waals surface area (Å²) in [7, 11) is 1.75. The van der Waals surface area contributed by atoms with E-state index in [-0.39, 0.29) is 12.4 Å². The normalized spacial score (nSPS) is 22.7. The van der Waals surface area contributed by atoms with Gasteiger partial charge in [0.1, 0.15) is 5.75 Å². The molecule has 1 fully saturated rings. The molecule has 0 amide bonds. The molecule has 4 heteroatoms. The van der Waals surface area contributed by atoms with Crippen molar-refractivity contribution in [2.75, 3.05) is 20.2 Å². The van der Waals surface area contributed by atoms with Gasteiger partial charge >= 0.3 is 0 Å². The van der Waals surface area contributed by atoms with Crippen LogP contribution in [0.25, 0.3) is 0 Å². The Kier molecular flexibility index (Phi) is 4.99. The number of benzene rings is 1. The van der Waals surface area contributed by atoms with Gasteiger partial charge in [0.05, 0.1) is 7.11 Å². The van der Waals surface area contributed by atoms with Crippen molar-refractivity contribution >= 4 is 24.0 Å². The molecule has 0 bridgehead atoms. The summed E-state index contributed by atoms with van der Waals surface area (Å²) in [5.41, 5.74) is 2.68. The van der Waals surface area contributed by atoms with Crippen molar-refractivity contribution in [3.8, 4) is 5.75 Å². The summed E-state index contributed by atoms with van der Waals surface area (Å²) in [6, 6.07) is 4.51. The summed E-state index contributed by atoms with van der Waals surface area (Å²) >= 11 is 6.46. The molecule has 0 radical (unpaired) electrons. The number of hydrogen-bond donors (Lipinski definition) is 0. The van der Waals surface area contributed by atoms with Gasteiger partial charge in [-0.15, -0.1) is 12.4 Å². The smallest absolute Gasteiger partial charge is 0.122 e. The number of halogens is 2. The Labute approximate surface area is 126 Å². The molecule has 1 aliphatic heterocycles. The molecule has 1 aromatic rings. The van der Waals surface area contributed by atoms with E-state index in [1.165, 1.54) is 49.9 Å². The highest BCUT2D eigenvalue weighted by molar-refractivity contribution is 6.31. The molecule has 2 aliphatic rings.